The second-order valence-corrected chi connectivity index (χ2v) is 5.28. The Kier molecular flexibility index (Phi) is 3.05. The van der Waals surface area contributed by atoms with E-state index >= 15 is 0 Å². The summed E-state index contributed by atoms with van der Waals surface area (Å²) in [6, 6.07) is 1.15. The van der Waals surface area contributed by atoms with Crippen LogP contribution in [0, 0.1) is 5.92 Å². The Bertz CT molecular complexity index is 621. The van der Waals surface area contributed by atoms with E-state index in [0.29, 0.717) is 0 Å². The maximum absolute atomic E-state index is 12.0. The van der Waals surface area contributed by atoms with E-state index in [9.17, 15) is 24.9 Å². The number of rotatable bonds is 3. The standard InChI is InChI=1S/C12H16N2O6/c15-5-7-9(17)10(18)12(20-7,6-1-2-6)14-4-3-8(16)13-11(14)19/h3-4,6-7,9-10,15,17-18H,1-2,5H2,(H,13,16,19)/t7-,9-,10-,12-/m1/s1. The summed E-state index contributed by atoms with van der Waals surface area (Å²) in [4.78, 5) is 25.2. The van der Waals surface area contributed by atoms with Gasteiger partial charge in [0.2, 0.25) is 0 Å². The van der Waals surface area contributed by atoms with E-state index in [4.69, 9.17) is 4.74 Å². The van der Waals surface area contributed by atoms with E-state index in [1.165, 1.54) is 6.20 Å². The zero-order chi connectivity index (χ0) is 14.5. The second kappa shape index (κ2) is 4.52. The number of nitrogens with one attached hydrogen (secondary N) is 1. The van der Waals surface area contributed by atoms with Crippen LogP contribution in [0.15, 0.2) is 21.9 Å². The van der Waals surface area contributed by atoms with Gasteiger partial charge < -0.3 is 20.1 Å². The Labute approximate surface area is 113 Å². The molecule has 4 N–H and O–H groups in total. The van der Waals surface area contributed by atoms with E-state index in [1.807, 2.05) is 0 Å². The van der Waals surface area contributed by atoms with Gasteiger partial charge in [0.05, 0.1) is 6.61 Å². The van der Waals surface area contributed by atoms with Crippen LogP contribution in [0.25, 0.3) is 0 Å². The molecule has 20 heavy (non-hydrogen) atoms. The molecule has 1 aromatic heterocycles. The molecule has 0 bridgehead atoms. The van der Waals surface area contributed by atoms with Crippen LogP contribution in [0.3, 0.4) is 0 Å². The molecule has 1 saturated carbocycles. The zero-order valence-corrected chi connectivity index (χ0v) is 10.6. The number of aliphatic hydroxyl groups excluding tert-OH is 3. The third-order valence-electron chi connectivity index (χ3n) is 4.01. The van der Waals surface area contributed by atoms with Crippen LogP contribution in [-0.4, -0.2) is 49.8 Å². The highest BCUT2D eigenvalue weighted by molar-refractivity contribution is 5.07. The number of aliphatic hydroxyl groups is 3. The van der Waals surface area contributed by atoms with E-state index in [-0.39, 0.29) is 5.92 Å². The van der Waals surface area contributed by atoms with Gasteiger partial charge in [0, 0.05) is 18.2 Å². The highest BCUT2D eigenvalue weighted by atomic mass is 16.6. The lowest BCUT2D eigenvalue weighted by Crippen LogP contribution is -2.53. The van der Waals surface area contributed by atoms with Gasteiger partial charge in [-0.1, -0.05) is 0 Å². The number of aromatic nitrogens is 2. The van der Waals surface area contributed by atoms with Crippen molar-refractivity contribution in [3.8, 4) is 0 Å². The Morgan fingerprint density at radius 2 is 2.10 bits per heavy atom. The Morgan fingerprint density at radius 1 is 1.40 bits per heavy atom. The largest absolute Gasteiger partial charge is 0.394 e. The summed E-state index contributed by atoms with van der Waals surface area (Å²) >= 11 is 0. The van der Waals surface area contributed by atoms with Crippen LogP contribution >= 0.6 is 0 Å². The second-order valence-electron chi connectivity index (χ2n) is 5.28. The zero-order valence-electron chi connectivity index (χ0n) is 10.6. The third kappa shape index (κ3) is 1.76. The van der Waals surface area contributed by atoms with Crippen molar-refractivity contribution in [1.29, 1.82) is 0 Å². The summed E-state index contributed by atoms with van der Waals surface area (Å²) in [6.45, 7) is -0.467. The van der Waals surface area contributed by atoms with Crippen LogP contribution in [0.1, 0.15) is 12.8 Å². The van der Waals surface area contributed by atoms with Gasteiger partial charge in [-0.25, -0.2) is 4.79 Å². The summed E-state index contributed by atoms with van der Waals surface area (Å²) in [6.07, 6.45) is -0.907. The molecule has 2 heterocycles. The molecule has 0 spiro atoms. The van der Waals surface area contributed by atoms with E-state index < -0.39 is 41.9 Å². The van der Waals surface area contributed by atoms with Crippen molar-refractivity contribution in [2.45, 2.75) is 36.9 Å². The molecule has 1 aromatic rings. The summed E-state index contributed by atoms with van der Waals surface area (Å²) in [7, 11) is 0. The van der Waals surface area contributed by atoms with E-state index in [0.717, 1.165) is 23.5 Å². The first-order valence-corrected chi connectivity index (χ1v) is 6.48. The Hall–Kier alpha value is -1.48. The normalized spacial score (nSPS) is 37.2. The molecule has 8 heteroatoms. The van der Waals surface area contributed by atoms with Crippen molar-refractivity contribution < 1.29 is 20.1 Å². The van der Waals surface area contributed by atoms with Crippen LogP contribution < -0.4 is 11.2 Å². The van der Waals surface area contributed by atoms with Crippen molar-refractivity contribution in [2.75, 3.05) is 6.61 Å². The first-order chi connectivity index (χ1) is 9.50. The molecule has 0 unspecified atom stereocenters. The number of H-pyrrole nitrogens is 1. The molecule has 0 radical (unpaired) electrons. The van der Waals surface area contributed by atoms with Crippen LogP contribution in [0.4, 0.5) is 0 Å². The first kappa shape index (κ1) is 13.5. The Morgan fingerprint density at radius 3 is 2.60 bits per heavy atom. The number of ether oxygens (including phenoxy) is 1. The van der Waals surface area contributed by atoms with Crippen LogP contribution in [-0.2, 0) is 10.5 Å². The quantitative estimate of drug-likeness (QED) is 0.495. The molecule has 1 aliphatic carbocycles. The first-order valence-electron chi connectivity index (χ1n) is 6.48. The SMILES string of the molecule is O=c1ccn([C@]2(C3CC3)O[C@H](CO)[C@@H](O)[C@H]2O)c(=O)[nH]1. The minimum absolute atomic E-state index is 0.146. The molecule has 2 fully saturated rings. The number of hydrogen-bond acceptors (Lipinski definition) is 6. The van der Waals surface area contributed by atoms with Gasteiger partial charge in [0.1, 0.15) is 18.3 Å². The fraction of sp³-hybridized carbons (Fsp3) is 0.667. The number of aromatic amines is 1. The van der Waals surface area contributed by atoms with E-state index in [2.05, 4.69) is 4.98 Å². The van der Waals surface area contributed by atoms with Gasteiger partial charge >= 0.3 is 5.69 Å². The molecule has 1 saturated heterocycles. The molecule has 1 aliphatic heterocycles. The molecule has 3 rings (SSSR count). The van der Waals surface area contributed by atoms with Gasteiger partial charge in [-0.05, 0) is 12.8 Å². The van der Waals surface area contributed by atoms with Gasteiger partial charge in [-0.15, -0.1) is 0 Å². The van der Waals surface area contributed by atoms with Gasteiger partial charge in [0.25, 0.3) is 5.56 Å². The minimum atomic E-state index is -1.44. The average Bonchev–Trinajstić information content (AvgIpc) is 3.21. The highest BCUT2D eigenvalue weighted by Crippen LogP contribution is 2.51. The van der Waals surface area contributed by atoms with Gasteiger partial charge in [-0.3, -0.25) is 14.3 Å². The topological polar surface area (TPSA) is 125 Å². The van der Waals surface area contributed by atoms with Crippen LogP contribution in [0.2, 0.25) is 0 Å². The predicted molar refractivity (Wildman–Crippen MR) is 66.0 cm³/mol. The van der Waals surface area contributed by atoms with Crippen molar-refractivity contribution in [3.63, 3.8) is 0 Å². The van der Waals surface area contributed by atoms with Crippen molar-refractivity contribution in [2.24, 2.45) is 5.92 Å². The molecule has 4 atom stereocenters. The fourth-order valence-corrected chi connectivity index (χ4v) is 2.90. The minimum Gasteiger partial charge on any atom is -0.394 e. The third-order valence-corrected chi connectivity index (χ3v) is 4.01. The maximum atomic E-state index is 12.0. The molecule has 0 aromatic carbocycles. The lowest BCUT2D eigenvalue weighted by molar-refractivity contribution is -0.165. The lowest BCUT2D eigenvalue weighted by Gasteiger charge is -2.34. The molecule has 110 valence electrons. The monoisotopic (exact) mass is 284 g/mol. The molecular formula is C12H16N2O6. The molecule has 0 amide bonds. The van der Waals surface area contributed by atoms with Gasteiger partial charge in [-0.2, -0.15) is 0 Å². The summed E-state index contributed by atoms with van der Waals surface area (Å²) < 4.78 is 6.75. The highest BCUT2D eigenvalue weighted by Gasteiger charge is 2.62. The molecule has 8 nitrogen and oxygen atoms in total. The van der Waals surface area contributed by atoms with Crippen LogP contribution in [0.5, 0.6) is 0 Å². The summed E-state index contributed by atoms with van der Waals surface area (Å²) in [5, 5.41) is 29.5. The molecule has 2 aliphatic rings. The predicted octanol–water partition coefficient (Wildman–Crippen LogP) is -2.29. The summed E-state index contributed by atoms with van der Waals surface area (Å²) in [5.74, 6) is -0.146. The van der Waals surface area contributed by atoms with Crippen molar-refractivity contribution in [3.05, 3.63) is 33.1 Å². The van der Waals surface area contributed by atoms with Crippen molar-refractivity contribution in [1.82, 2.24) is 9.55 Å². The summed E-state index contributed by atoms with van der Waals surface area (Å²) in [5.41, 5.74) is -2.70. The maximum Gasteiger partial charge on any atom is 0.330 e. The fourth-order valence-electron chi connectivity index (χ4n) is 2.90. The molecular weight excluding hydrogens is 268 g/mol. The van der Waals surface area contributed by atoms with Crippen molar-refractivity contribution >= 4 is 0 Å². The van der Waals surface area contributed by atoms with Gasteiger partial charge in [0.15, 0.2) is 5.72 Å². The smallest absolute Gasteiger partial charge is 0.330 e. The number of nitrogens with zero attached hydrogens (tertiary/aromatic N) is 1. The van der Waals surface area contributed by atoms with E-state index in [1.54, 1.807) is 0 Å². The number of hydrogen-bond donors (Lipinski definition) is 4. The Balaban J connectivity index is 2.14. The average molecular weight is 284 g/mol. The lowest BCUT2D eigenvalue weighted by atomic mass is 9.97.